The molecule has 3 saturated heterocycles. The largest absolute Gasteiger partial charge is 0.495 e. The number of nitrogens with two attached hydrogens (primary N) is 3. The Morgan fingerprint density at radius 3 is 2.18 bits per heavy atom. The van der Waals surface area contributed by atoms with E-state index in [1.165, 1.54) is 12.0 Å². The number of carbonyl (C=O) groups excluding carboxylic acids is 9. The van der Waals surface area contributed by atoms with Gasteiger partial charge in [-0.05, 0) is 98.5 Å². The number of hydrogen-bond acceptors (Lipinski definition) is 19. The van der Waals surface area contributed by atoms with Crippen LogP contribution in [0.5, 0.6) is 5.75 Å². The second-order valence-electron chi connectivity index (χ2n) is 27.0. The first kappa shape index (κ1) is 75.1. The van der Waals surface area contributed by atoms with Crippen LogP contribution in [0.15, 0.2) is 120 Å². The number of rotatable bonds is 31. The number of likely N-dealkylation sites (tertiary alicyclic amines) is 1. The number of methoxy groups -OCH3 is 1. The molecular weight excluding hydrogens is 1350 g/mol. The fraction of sp³-hybridized carbons (Fsp3) is 0.413. The number of urea groups is 1. The summed E-state index contributed by atoms with van der Waals surface area (Å²) in [4.78, 5) is 150. The number of aromatic nitrogens is 4. The number of fused-ring (bicyclic) bond motifs is 2. The van der Waals surface area contributed by atoms with Crippen molar-refractivity contribution in [1.82, 2.24) is 61.2 Å². The van der Waals surface area contributed by atoms with Crippen molar-refractivity contribution >= 4 is 86.7 Å². The van der Waals surface area contributed by atoms with E-state index in [0.29, 0.717) is 70.7 Å². The number of nitrogens with zero attached hydrogens (tertiary/aromatic N) is 7. The number of piperidine rings is 2. The van der Waals surface area contributed by atoms with E-state index in [0.717, 1.165) is 84.2 Å². The first-order valence-corrected chi connectivity index (χ1v) is 35.1. The minimum absolute atomic E-state index is 0.0373. The molecule has 4 fully saturated rings. The third-order valence-corrected chi connectivity index (χ3v) is 19.5. The van der Waals surface area contributed by atoms with Gasteiger partial charge in [-0.3, -0.25) is 48.1 Å². The Morgan fingerprint density at radius 1 is 0.771 bits per heavy atom. The molecule has 6 heterocycles. The quantitative estimate of drug-likeness (QED) is 0.0169. The molecule has 3 aliphatic heterocycles. The molecule has 1 aliphatic carbocycles. The minimum atomic E-state index is -1.37. The zero-order chi connectivity index (χ0) is 74.4. The zero-order valence-electron chi connectivity index (χ0n) is 59.0. The lowest BCUT2D eigenvalue weighted by molar-refractivity contribution is -0.134. The van der Waals surface area contributed by atoms with Crippen LogP contribution in [0.25, 0.3) is 32.9 Å². The first-order valence-electron chi connectivity index (χ1n) is 35.1. The van der Waals surface area contributed by atoms with Crippen LogP contribution in [-0.2, 0) is 66.9 Å². The van der Waals surface area contributed by atoms with Gasteiger partial charge in [0.1, 0.15) is 30.7 Å². The van der Waals surface area contributed by atoms with Crippen molar-refractivity contribution in [3.8, 4) is 28.7 Å². The van der Waals surface area contributed by atoms with E-state index in [2.05, 4.69) is 65.4 Å². The summed E-state index contributed by atoms with van der Waals surface area (Å²) in [5.74, 6) is 1.04. The van der Waals surface area contributed by atoms with E-state index in [-0.39, 0.29) is 69.3 Å². The fourth-order valence-corrected chi connectivity index (χ4v) is 13.6. The van der Waals surface area contributed by atoms with Gasteiger partial charge in [-0.1, -0.05) is 78.6 Å². The molecule has 0 bridgehead atoms. The fourth-order valence-electron chi connectivity index (χ4n) is 13.6. The third-order valence-electron chi connectivity index (χ3n) is 19.5. The van der Waals surface area contributed by atoms with E-state index >= 15 is 0 Å². The maximum Gasteiger partial charge on any atom is 0.332 e. The molecule has 3 aromatic heterocycles. The van der Waals surface area contributed by atoms with Crippen LogP contribution in [-0.4, -0.2) is 192 Å². The Hall–Kier alpha value is -11.1. The minimum Gasteiger partial charge on any atom is -0.495 e. The Morgan fingerprint density at radius 2 is 1.49 bits per heavy atom. The number of imide groups is 1. The number of hydrogen-bond donors (Lipinski definition) is 10. The SMILES string of the molecule is COc1ccc(C#CCNC2(C)CCN(C3CCN(c4nc([C@@](COCNC(=O)C(CC(N)=O)CC(N)=O)(OC5CC5)c5ccccc5)c5cc(-c6cn(C)c(=O)c7[nH]ccc67)ccc5n4)CC3)CC2)cc1N1CCC(=O)N(CNC(=O)CNC(=O)[C@H](Cc2ccccc2)NC(=O)CNC(=O)CN)C1=O. The smallest absolute Gasteiger partial charge is 0.332 e. The first-order chi connectivity index (χ1) is 50.6. The summed E-state index contributed by atoms with van der Waals surface area (Å²) >= 11 is 0. The lowest BCUT2D eigenvalue weighted by Gasteiger charge is -2.45. The maximum absolute atomic E-state index is 14.1. The van der Waals surface area contributed by atoms with Gasteiger partial charge < -0.3 is 82.7 Å². The van der Waals surface area contributed by atoms with E-state index in [4.69, 9.17) is 41.4 Å². The number of aromatic amines is 1. The van der Waals surface area contributed by atoms with Crippen molar-refractivity contribution in [3.63, 3.8) is 0 Å². The number of ether oxygens (including phenoxy) is 3. The van der Waals surface area contributed by atoms with Gasteiger partial charge in [0.15, 0.2) is 5.60 Å². The van der Waals surface area contributed by atoms with E-state index in [1.807, 2.05) is 60.8 Å². The molecular formula is C75H89N17O13. The molecule has 30 heteroatoms. The number of anilines is 2. The number of benzene rings is 4. The van der Waals surface area contributed by atoms with Crippen LogP contribution in [0.1, 0.15) is 87.1 Å². The zero-order valence-corrected chi connectivity index (χ0v) is 59.0. The Balaban J connectivity index is 0.725. The number of H-pyrrole nitrogens is 1. The number of primary amides is 2. The van der Waals surface area contributed by atoms with Crippen molar-refractivity contribution in [3.05, 3.63) is 148 Å². The molecule has 0 radical (unpaired) electrons. The van der Waals surface area contributed by atoms with Crippen LogP contribution in [0.2, 0.25) is 0 Å². The summed E-state index contributed by atoms with van der Waals surface area (Å²) < 4.78 is 20.9. The van der Waals surface area contributed by atoms with Gasteiger partial charge >= 0.3 is 6.03 Å². The molecule has 4 aliphatic rings. The predicted molar refractivity (Wildman–Crippen MR) is 390 cm³/mol. The Kier molecular flexibility index (Phi) is 24.3. The number of pyridine rings is 1. The lowest BCUT2D eigenvalue weighted by Crippen LogP contribution is -2.56. The number of carbonyl (C=O) groups is 9. The van der Waals surface area contributed by atoms with Gasteiger partial charge in [0.25, 0.3) is 5.56 Å². The summed E-state index contributed by atoms with van der Waals surface area (Å²) in [6.45, 7) is 3.50. The summed E-state index contributed by atoms with van der Waals surface area (Å²) in [5, 5.41) is 17.8. The van der Waals surface area contributed by atoms with E-state index in [9.17, 15) is 47.9 Å². The normalized spacial score (nSPS) is 16.4. The van der Waals surface area contributed by atoms with E-state index < -0.39 is 90.6 Å². The van der Waals surface area contributed by atoms with Gasteiger partial charge in [-0.15, -0.1) is 0 Å². The molecule has 30 nitrogen and oxygen atoms in total. The van der Waals surface area contributed by atoms with Gasteiger partial charge in [0, 0.05) is 111 Å². The van der Waals surface area contributed by atoms with Crippen LogP contribution < -0.4 is 69.2 Å². The van der Waals surface area contributed by atoms with Crippen LogP contribution in [0, 0.1) is 17.8 Å². The number of amides is 10. The average molecular weight is 1440 g/mol. The summed E-state index contributed by atoms with van der Waals surface area (Å²) in [6.07, 6.45) is 7.73. The molecule has 0 spiro atoms. The number of nitrogens with one attached hydrogen (secondary N) is 7. The van der Waals surface area contributed by atoms with Crippen molar-refractivity contribution in [1.29, 1.82) is 0 Å². The molecule has 13 N–H and O–H groups in total. The van der Waals surface area contributed by atoms with Crippen molar-refractivity contribution in [2.45, 2.75) is 100 Å². The summed E-state index contributed by atoms with van der Waals surface area (Å²) in [6, 6.07) is 30.1. The highest BCUT2D eigenvalue weighted by Gasteiger charge is 2.45. The van der Waals surface area contributed by atoms with Gasteiger partial charge in [-0.25, -0.2) is 19.7 Å². The van der Waals surface area contributed by atoms with Crippen molar-refractivity contribution < 1.29 is 57.4 Å². The van der Waals surface area contributed by atoms with Gasteiger partial charge in [0.05, 0.1) is 68.8 Å². The Bertz CT molecular complexity index is 4490. The molecule has 7 aromatic rings. The molecule has 11 rings (SSSR count). The highest BCUT2D eigenvalue weighted by molar-refractivity contribution is 6.07. The van der Waals surface area contributed by atoms with Gasteiger partial charge in [-0.2, -0.15) is 0 Å². The topological polar surface area (TPSA) is 408 Å². The predicted octanol–water partition coefficient (Wildman–Crippen LogP) is 1.98. The lowest BCUT2D eigenvalue weighted by atomic mass is 9.87. The summed E-state index contributed by atoms with van der Waals surface area (Å²) in [7, 11) is 3.19. The van der Waals surface area contributed by atoms with E-state index in [1.54, 1.807) is 66.3 Å². The second-order valence-corrected chi connectivity index (χ2v) is 27.0. The molecule has 552 valence electrons. The summed E-state index contributed by atoms with van der Waals surface area (Å²) in [5.41, 5.74) is 20.2. The monoisotopic (exact) mass is 1440 g/mol. The van der Waals surface area contributed by atoms with Crippen molar-refractivity contribution in [2.24, 2.45) is 30.2 Å². The van der Waals surface area contributed by atoms with Crippen LogP contribution in [0.3, 0.4) is 0 Å². The van der Waals surface area contributed by atoms with Crippen LogP contribution in [0.4, 0.5) is 16.4 Å². The maximum atomic E-state index is 14.1. The molecule has 1 saturated carbocycles. The van der Waals surface area contributed by atoms with Gasteiger partial charge in [0.2, 0.25) is 53.2 Å². The average Bonchev–Trinajstić information content (AvgIpc) is 1.59. The van der Waals surface area contributed by atoms with Crippen molar-refractivity contribution in [2.75, 3.05) is 95.8 Å². The standard InChI is InChI=1S/C75H89N17O13/c1-74(84-28-10-13-48-16-21-60(103-3)59(36-48)91-32-25-66(98)92(73(91)102)45-82-64(96)41-81-70(100)58(35-47-11-6-4-7-12-47)85-65(97)42-80-63(95)40-76)26-33-89(34-27-74)52-23-30-90(31-24-52)72-86-57-20-17-49(56-43-88(2)71(101)67-54(56)22-29-79-67)37-55(57)68(87-72)75(105-53-18-19-53,51-14-8-5-9-15-51)44-104-46-83-69(99)50(38-61(77)93)39-62(78)94/h4-9,11-12,14-17,20-22,29,36-37,43,50,52-53,58,79,84H,18-19,23-28,30-35,38-42,44-46,76H2,1-3H3,(H2,77,93)(H2,78,94)(H,80,95)(H,81,100)(H,82,96)(H,83,99)(H,85,97)/t58-,75-/m0/s1. The highest BCUT2D eigenvalue weighted by atomic mass is 16.6. The highest BCUT2D eigenvalue weighted by Crippen LogP contribution is 2.44. The molecule has 2 atom stereocenters. The number of aryl methyl sites for hydroxylation is 1. The molecule has 4 aromatic carbocycles. The molecule has 0 unspecified atom stereocenters. The second kappa shape index (κ2) is 34.0. The van der Waals surface area contributed by atoms with Crippen LogP contribution >= 0.6 is 0 Å². The Labute approximate surface area is 606 Å². The molecule has 105 heavy (non-hydrogen) atoms. The third kappa shape index (κ3) is 18.6. The molecule has 10 amide bonds.